The molecule has 0 bridgehead atoms. The van der Waals surface area contributed by atoms with Gasteiger partial charge in [0.05, 0.1) is 5.92 Å². The van der Waals surface area contributed by atoms with Gasteiger partial charge in [0.1, 0.15) is 0 Å². The molecule has 3 rings (SSSR count). The molecule has 0 radical (unpaired) electrons. The lowest BCUT2D eigenvalue weighted by atomic mass is 9.90. The summed E-state index contributed by atoms with van der Waals surface area (Å²) in [5.74, 6) is -1.13. The Morgan fingerprint density at radius 2 is 1.86 bits per heavy atom. The average molecular weight is 287 g/mol. The van der Waals surface area contributed by atoms with Crippen LogP contribution in [0.25, 0.3) is 0 Å². The van der Waals surface area contributed by atoms with Crippen molar-refractivity contribution in [1.82, 2.24) is 5.32 Å². The fourth-order valence-corrected chi connectivity index (χ4v) is 3.48. The summed E-state index contributed by atoms with van der Waals surface area (Å²) in [5, 5.41) is 12.0. The molecule has 2 atom stereocenters. The molecule has 0 spiro atoms. The maximum Gasteiger partial charge on any atom is 0.306 e. The van der Waals surface area contributed by atoms with E-state index in [1.165, 1.54) is 24.0 Å². The van der Waals surface area contributed by atoms with Gasteiger partial charge in [-0.15, -0.1) is 0 Å². The maximum absolute atomic E-state index is 12.3. The molecule has 0 aromatic heterocycles. The van der Waals surface area contributed by atoms with E-state index < -0.39 is 5.97 Å². The molecule has 1 amide bonds. The minimum Gasteiger partial charge on any atom is -0.481 e. The van der Waals surface area contributed by atoms with Crippen LogP contribution in [-0.2, 0) is 17.6 Å². The van der Waals surface area contributed by atoms with Crippen LogP contribution in [-0.4, -0.2) is 23.0 Å². The molecule has 1 aromatic carbocycles. The van der Waals surface area contributed by atoms with Crippen LogP contribution in [0.15, 0.2) is 18.2 Å². The molecule has 2 N–H and O–H groups in total. The van der Waals surface area contributed by atoms with E-state index in [0.29, 0.717) is 18.4 Å². The first kappa shape index (κ1) is 14.1. The summed E-state index contributed by atoms with van der Waals surface area (Å²) in [4.78, 5) is 23.3. The first-order valence-electron chi connectivity index (χ1n) is 7.79. The zero-order chi connectivity index (χ0) is 14.8. The summed E-state index contributed by atoms with van der Waals surface area (Å²) in [5.41, 5.74) is 3.36. The summed E-state index contributed by atoms with van der Waals surface area (Å²) in [7, 11) is 0. The fourth-order valence-electron chi connectivity index (χ4n) is 3.48. The number of hydrogen-bond donors (Lipinski definition) is 2. The van der Waals surface area contributed by atoms with Gasteiger partial charge in [0.15, 0.2) is 0 Å². The molecule has 0 unspecified atom stereocenters. The van der Waals surface area contributed by atoms with E-state index in [-0.39, 0.29) is 17.9 Å². The van der Waals surface area contributed by atoms with Gasteiger partial charge in [0, 0.05) is 11.6 Å². The summed E-state index contributed by atoms with van der Waals surface area (Å²) < 4.78 is 0. The first-order chi connectivity index (χ1) is 10.1. The third-order valence-electron chi connectivity index (χ3n) is 4.73. The van der Waals surface area contributed by atoms with Gasteiger partial charge >= 0.3 is 5.97 Å². The van der Waals surface area contributed by atoms with Crippen LogP contribution in [0.1, 0.15) is 53.6 Å². The first-order valence-corrected chi connectivity index (χ1v) is 7.79. The lowest BCUT2D eigenvalue weighted by Gasteiger charge is -2.17. The Morgan fingerprint density at radius 1 is 1.10 bits per heavy atom. The van der Waals surface area contributed by atoms with Crippen LogP contribution in [0.4, 0.5) is 0 Å². The van der Waals surface area contributed by atoms with E-state index in [1.807, 2.05) is 12.1 Å². The van der Waals surface area contributed by atoms with Crippen LogP contribution in [0.2, 0.25) is 0 Å². The molecular weight excluding hydrogens is 266 g/mol. The summed E-state index contributed by atoms with van der Waals surface area (Å²) in [6.07, 6.45) is 6.56. The van der Waals surface area contributed by atoms with E-state index in [2.05, 4.69) is 11.4 Å². The van der Waals surface area contributed by atoms with Gasteiger partial charge in [-0.25, -0.2) is 0 Å². The van der Waals surface area contributed by atoms with Crippen molar-refractivity contribution >= 4 is 11.9 Å². The lowest BCUT2D eigenvalue weighted by molar-refractivity contribution is -0.141. The number of carbonyl (C=O) groups is 2. The molecule has 1 fully saturated rings. The average Bonchev–Trinajstić information content (AvgIpc) is 2.95. The SMILES string of the molecule is O=C(N[C@@H]1CC[C@H](C(=O)O)C1)c1ccc2c(c1)CCCC2. The van der Waals surface area contributed by atoms with Gasteiger partial charge in [-0.2, -0.15) is 0 Å². The number of fused-ring (bicyclic) bond motifs is 1. The highest BCUT2D eigenvalue weighted by Gasteiger charge is 2.30. The molecule has 4 nitrogen and oxygen atoms in total. The second kappa shape index (κ2) is 5.88. The third kappa shape index (κ3) is 3.09. The highest BCUT2D eigenvalue weighted by molar-refractivity contribution is 5.94. The molecular formula is C17H21NO3. The summed E-state index contributed by atoms with van der Waals surface area (Å²) in [6.45, 7) is 0. The summed E-state index contributed by atoms with van der Waals surface area (Å²) >= 11 is 0. The number of nitrogens with one attached hydrogen (secondary N) is 1. The van der Waals surface area contributed by atoms with Gasteiger partial charge in [-0.05, 0) is 68.2 Å². The predicted octanol–water partition coefficient (Wildman–Crippen LogP) is 2.55. The van der Waals surface area contributed by atoms with Crippen LogP contribution in [0.3, 0.4) is 0 Å². The zero-order valence-electron chi connectivity index (χ0n) is 12.1. The van der Waals surface area contributed by atoms with Crippen molar-refractivity contribution in [3.8, 4) is 0 Å². The largest absolute Gasteiger partial charge is 0.481 e. The normalized spacial score (nSPS) is 24.4. The van der Waals surface area contributed by atoms with Crippen molar-refractivity contribution in [2.45, 2.75) is 51.0 Å². The molecule has 4 heteroatoms. The van der Waals surface area contributed by atoms with E-state index in [0.717, 1.165) is 19.3 Å². The number of hydrogen-bond acceptors (Lipinski definition) is 2. The van der Waals surface area contributed by atoms with E-state index in [1.54, 1.807) is 0 Å². The topological polar surface area (TPSA) is 66.4 Å². The minimum absolute atomic E-state index is 0.00497. The van der Waals surface area contributed by atoms with Crippen molar-refractivity contribution in [3.05, 3.63) is 34.9 Å². The molecule has 0 heterocycles. The zero-order valence-corrected chi connectivity index (χ0v) is 12.1. The molecule has 112 valence electrons. The van der Waals surface area contributed by atoms with Crippen molar-refractivity contribution in [1.29, 1.82) is 0 Å². The number of rotatable bonds is 3. The van der Waals surface area contributed by atoms with Gasteiger partial charge in [-0.3, -0.25) is 9.59 Å². The number of aliphatic carboxylic acids is 1. The standard InChI is InChI=1S/C17H21NO3/c19-16(18-15-8-7-14(10-15)17(20)21)13-6-5-11-3-1-2-4-12(11)9-13/h5-6,9,14-15H,1-4,7-8,10H2,(H,18,19)(H,20,21)/t14-,15+/m0/s1. The number of benzene rings is 1. The van der Waals surface area contributed by atoms with E-state index >= 15 is 0 Å². The van der Waals surface area contributed by atoms with Gasteiger partial charge in [0.2, 0.25) is 0 Å². The lowest BCUT2D eigenvalue weighted by Crippen LogP contribution is -2.33. The Balaban J connectivity index is 1.65. The van der Waals surface area contributed by atoms with E-state index in [9.17, 15) is 9.59 Å². The van der Waals surface area contributed by atoms with Crippen molar-refractivity contribution in [3.63, 3.8) is 0 Å². The predicted molar refractivity (Wildman–Crippen MR) is 79.3 cm³/mol. The minimum atomic E-state index is -0.750. The third-order valence-corrected chi connectivity index (χ3v) is 4.73. The Bertz CT molecular complexity index is 567. The number of carbonyl (C=O) groups excluding carboxylic acids is 1. The highest BCUT2D eigenvalue weighted by atomic mass is 16.4. The maximum atomic E-state index is 12.3. The second-order valence-electron chi connectivity index (χ2n) is 6.21. The molecule has 1 aromatic rings. The Labute approximate surface area is 124 Å². The molecule has 0 saturated heterocycles. The Hall–Kier alpha value is -1.84. The fraction of sp³-hybridized carbons (Fsp3) is 0.529. The van der Waals surface area contributed by atoms with Crippen LogP contribution in [0.5, 0.6) is 0 Å². The van der Waals surface area contributed by atoms with Gasteiger partial charge in [0.25, 0.3) is 5.91 Å². The molecule has 1 saturated carbocycles. The number of carboxylic acid groups (broad SMARTS) is 1. The molecule has 0 aliphatic heterocycles. The number of aryl methyl sites for hydroxylation is 2. The van der Waals surface area contributed by atoms with Gasteiger partial charge < -0.3 is 10.4 Å². The second-order valence-corrected chi connectivity index (χ2v) is 6.21. The van der Waals surface area contributed by atoms with E-state index in [4.69, 9.17) is 5.11 Å². The molecule has 2 aliphatic carbocycles. The van der Waals surface area contributed by atoms with Crippen molar-refractivity contribution in [2.24, 2.45) is 5.92 Å². The number of carboxylic acids is 1. The molecule has 2 aliphatic rings. The molecule has 21 heavy (non-hydrogen) atoms. The van der Waals surface area contributed by atoms with Crippen molar-refractivity contribution in [2.75, 3.05) is 0 Å². The quantitative estimate of drug-likeness (QED) is 0.898. The smallest absolute Gasteiger partial charge is 0.306 e. The Morgan fingerprint density at radius 3 is 2.57 bits per heavy atom. The Kier molecular flexibility index (Phi) is 3.95. The summed E-state index contributed by atoms with van der Waals surface area (Å²) in [6, 6.07) is 5.96. The van der Waals surface area contributed by atoms with Crippen LogP contribution < -0.4 is 5.32 Å². The monoisotopic (exact) mass is 287 g/mol. The number of amides is 1. The highest BCUT2D eigenvalue weighted by Crippen LogP contribution is 2.26. The van der Waals surface area contributed by atoms with Crippen molar-refractivity contribution < 1.29 is 14.7 Å². The van der Waals surface area contributed by atoms with Crippen LogP contribution >= 0.6 is 0 Å². The van der Waals surface area contributed by atoms with Crippen LogP contribution in [0, 0.1) is 5.92 Å². The van der Waals surface area contributed by atoms with Gasteiger partial charge in [-0.1, -0.05) is 6.07 Å².